The fraction of sp³-hybridized carbons (Fsp3) is 0.500. The SMILES string of the molecule is CCOC(=O)c1n[nH]nc1-c1cc(Br)ccc1N1CCN(C(=O)OC(C)(C)C)CC1. The number of benzene rings is 1. The Hall–Kier alpha value is -2.62. The molecule has 10 heteroatoms. The van der Waals surface area contributed by atoms with Gasteiger partial charge in [-0.25, -0.2) is 9.59 Å². The molecule has 0 unspecified atom stereocenters. The van der Waals surface area contributed by atoms with Crippen molar-refractivity contribution in [3.05, 3.63) is 28.4 Å². The molecule has 0 bridgehead atoms. The molecule has 1 aromatic carbocycles. The molecule has 1 aliphatic rings. The van der Waals surface area contributed by atoms with E-state index in [0.717, 1.165) is 15.7 Å². The van der Waals surface area contributed by atoms with Crippen molar-refractivity contribution in [1.82, 2.24) is 20.3 Å². The van der Waals surface area contributed by atoms with Crippen molar-refractivity contribution in [2.45, 2.75) is 33.3 Å². The van der Waals surface area contributed by atoms with Crippen LogP contribution in [0.4, 0.5) is 10.5 Å². The molecule has 0 spiro atoms. The van der Waals surface area contributed by atoms with Gasteiger partial charge in [0.2, 0.25) is 0 Å². The smallest absolute Gasteiger partial charge is 0.410 e. The lowest BCUT2D eigenvalue weighted by molar-refractivity contribution is 0.0240. The molecule has 1 N–H and O–H groups in total. The summed E-state index contributed by atoms with van der Waals surface area (Å²) in [5.74, 6) is -0.526. The van der Waals surface area contributed by atoms with Crippen molar-refractivity contribution in [3.63, 3.8) is 0 Å². The van der Waals surface area contributed by atoms with Crippen molar-refractivity contribution < 1.29 is 19.1 Å². The highest BCUT2D eigenvalue weighted by Gasteiger charge is 2.28. The van der Waals surface area contributed by atoms with Crippen LogP contribution in [0.5, 0.6) is 0 Å². The molecular formula is C20H26BrN5O4. The number of anilines is 1. The highest BCUT2D eigenvalue weighted by molar-refractivity contribution is 9.10. The van der Waals surface area contributed by atoms with Gasteiger partial charge in [0.15, 0.2) is 5.69 Å². The Balaban J connectivity index is 1.82. The van der Waals surface area contributed by atoms with Crippen LogP contribution in [-0.2, 0) is 9.47 Å². The number of hydrogen-bond donors (Lipinski definition) is 1. The summed E-state index contributed by atoms with van der Waals surface area (Å²) in [7, 11) is 0. The molecule has 1 aromatic heterocycles. The number of carbonyl (C=O) groups excluding carboxylic acids is 2. The number of ether oxygens (including phenoxy) is 2. The molecule has 1 amide bonds. The van der Waals surface area contributed by atoms with E-state index in [-0.39, 0.29) is 18.4 Å². The Morgan fingerprint density at radius 2 is 1.87 bits per heavy atom. The number of aromatic amines is 1. The predicted molar refractivity (Wildman–Crippen MR) is 115 cm³/mol. The third kappa shape index (κ3) is 5.10. The van der Waals surface area contributed by atoms with Crippen LogP contribution >= 0.6 is 15.9 Å². The summed E-state index contributed by atoms with van der Waals surface area (Å²) >= 11 is 3.49. The van der Waals surface area contributed by atoms with E-state index in [1.165, 1.54) is 0 Å². The van der Waals surface area contributed by atoms with Crippen molar-refractivity contribution in [1.29, 1.82) is 0 Å². The van der Waals surface area contributed by atoms with Crippen LogP contribution in [-0.4, -0.2) is 70.8 Å². The minimum absolute atomic E-state index is 0.142. The summed E-state index contributed by atoms with van der Waals surface area (Å²) in [6.45, 7) is 9.88. The van der Waals surface area contributed by atoms with E-state index in [0.29, 0.717) is 31.9 Å². The Kier molecular flexibility index (Phi) is 6.64. The summed E-state index contributed by atoms with van der Waals surface area (Å²) in [5, 5.41) is 10.7. The summed E-state index contributed by atoms with van der Waals surface area (Å²) in [6.07, 6.45) is -0.306. The van der Waals surface area contributed by atoms with Gasteiger partial charge in [-0.05, 0) is 45.9 Å². The van der Waals surface area contributed by atoms with Gasteiger partial charge in [0.05, 0.1) is 6.61 Å². The number of aromatic nitrogens is 3. The molecule has 1 aliphatic heterocycles. The lowest BCUT2D eigenvalue weighted by atomic mass is 10.1. The number of esters is 1. The summed E-state index contributed by atoms with van der Waals surface area (Å²) in [4.78, 5) is 28.5. The van der Waals surface area contributed by atoms with Gasteiger partial charge in [-0.2, -0.15) is 10.3 Å². The molecule has 0 radical (unpaired) electrons. The fourth-order valence-electron chi connectivity index (χ4n) is 3.19. The molecule has 1 fully saturated rings. The number of hydrogen-bond acceptors (Lipinski definition) is 7. The van der Waals surface area contributed by atoms with Gasteiger partial charge >= 0.3 is 12.1 Å². The van der Waals surface area contributed by atoms with Gasteiger partial charge in [-0.15, -0.1) is 5.10 Å². The molecule has 0 saturated carbocycles. The average Bonchev–Trinajstić information content (AvgIpc) is 3.17. The molecule has 2 heterocycles. The van der Waals surface area contributed by atoms with Crippen LogP contribution in [0.1, 0.15) is 38.2 Å². The molecule has 0 atom stereocenters. The molecule has 162 valence electrons. The van der Waals surface area contributed by atoms with Crippen molar-refractivity contribution in [2.24, 2.45) is 0 Å². The molecular weight excluding hydrogens is 454 g/mol. The van der Waals surface area contributed by atoms with E-state index < -0.39 is 11.6 Å². The van der Waals surface area contributed by atoms with Crippen LogP contribution in [0, 0.1) is 0 Å². The monoisotopic (exact) mass is 479 g/mol. The topological polar surface area (TPSA) is 101 Å². The number of halogens is 1. The van der Waals surface area contributed by atoms with Crippen LogP contribution < -0.4 is 4.90 Å². The van der Waals surface area contributed by atoms with Gasteiger partial charge in [-0.1, -0.05) is 15.9 Å². The maximum absolute atomic E-state index is 12.3. The molecule has 0 aliphatic carbocycles. The minimum Gasteiger partial charge on any atom is -0.461 e. The van der Waals surface area contributed by atoms with Gasteiger partial charge < -0.3 is 19.3 Å². The summed E-state index contributed by atoms with van der Waals surface area (Å²) in [6, 6.07) is 5.80. The van der Waals surface area contributed by atoms with E-state index in [4.69, 9.17) is 9.47 Å². The molecule has 9 nitrogen and oxygen atoms in total. The van der Waals surface area contributed by atoms with Crippen LogP contribution in [0.25, 0.3) is 11.3 Å². The molecule has 1 saturated heterocycles. The third-order valence-electron chi connectivity index (χ3n) is 4.50. The second-order valence-corrected chi connectivity index (χ2v) is 8.77. The summed E-state index contributed by atoms with van der Waals surface area (Å²) in [5.41, 5.74) is 1.71. The Morgan fingerprint density at radius 3 is 2.50 bits per heavy atom. The van der Waals surface area contributed by atoms with Gasteiger partial charge in [0.25, 0.3) is 0 Å². The number of nitrogens with one attached hydrogen (secondary N) is 1. The quantitative estimate of drug-likeness (QED) is 0.669. The molecule has 30 heavy (non-hydrogen) atoms. The average molecular weight is 480 g/mol. The first kappa shape index (κ1) is 22.1. The second-order valence-electron chi connectivity index (χ2n) is 7.86. The first-order chi connectivity index (χ1) is 14.2. The van der Waals surface area contributed by atoms with Gasteiger partial charge in [0.1, 0.15) is 11.3 Å². The number of carbonyl (C=O) groups is 2. The zero-order valence-corrected chi connectivity index (χ0v) is 19.2. The highest BCUT2D eigenvalue weighted by atomic mass is 79.9. The maximum atomic E-state index is 12.3. The molecule has 3 rings (SSSR count). The van der Waals surface area contributed by atoms with Gasteiger partial charge in [-0.3, -0.25) is 0 Å². The first-order valence-corrected chi connectivity index (χ1v) is 10.6. The normalized spacial score (nSPS) is 14.6. The lowest BCUT2D eigenvalue weighted by Crippen LogP contribution is -2.50. The van der Waals surface area contributed by atoms with Crippen LogP contribution in [0.2, 0.25) is 0 Å². The summed E-state index contributed by atoms with van der Waals surface area (Å²) < 4.78 is 11.4. The first-order valence-electron chi connectivity index (χ1n) is 9.80. The zero-order chi connectivity index (χ0) is 21.9. The number of amides is 1. The van der Waals surface area contributed by atoms with E-state index in [2.05, 4.69) is 36.2 Å². The lowest BCUT2D eigenvalue weighted by Gasteiger charge is -2.37. The zero-order valence-electron chi connectivity index (χ0n) is 17.6. The fourth-order valence-corrected chi connectivity index (χ4v) is 3.55. The number of piperazine rings is 1. The largest absolute Gasteiger partial charge is 0.461 e. The van der Waals surface area contributed by atoms with Crippen molar-refractivity contribution in [2.75, 3.05) is 37.7 Å². The predicted octanol–water partition coefficient (Wildman–Crippen LogP) is 3.47. The number of nitrogens with zero attached hydrogens (tertiary/aromatic N) is 4. The second kappa shape index (κ2) is 9.03. The number of rotatable bonds is 4. The highest BCUT2D eigenvalue weighted by Crippen LogP contribution is 2.34. The Morgan fingerprint density at radius 1 is 1.17 bits per heavy atom. The van der Waals surface area contributed by atoms with Crippen molar-refractivity contribution >= 4 is 33.7 Å². The maximum Gasteiger partial charge on any atom is 0.410 e. The van der Waals surface area contributed by atoms with Crippen molar-refractivity contribution in [3.8, 4) is 11.3 Å². The Labute approximate surface area is 183 Å². The third-order valence-corrected chi connectivity index (χ3v) is 5.00. The number of H-pyrrole nitrogens is 1. The van der Waals surface area contributed by atoms with E-state index in [1.807, 2.05) is 39.0 Å². The van der Waals surface area contributed by atoms with E-state index in [9.17, 15) is 9.59 Å². The Bertz CT molecular complexity index is 916. The standard InChI is InChI=1S/C20H26BrN5O4/c1-5-29-18(27)17-16(22-24-23-17)14-12-13(21)6-7-15(14)25-8-10-26(11-9-25)19(28)30-20(2,3)4/h6-7,12H,5,8-11H2,1-4H3,(H,22,23,24). The van der Waals surface area contributed by atoms with E-state index in [1.54, 1.807) is 11.8 Å². The van der Waals surface area contributed by atoms with Gasteiger partial charge in [0, 0.05) is 41.9 Å². The van der Waals surface area contributed by atoms with E-state index >= 15 is 0 Å². The van der Waals surface area contributed by atoms with Crippen LogP contribution in [0.15, 0.2) is 22.7 Å². The molecule has 2 aromatic rings. The van der Waals surface area contributed by atoms with Crippen LogP contribution in [0.3, 0.4) is 0 Å². The minimum atomic E-state index is -0.526.